The molecule has 4 saturated carbocycles. The Morgan fingerprint density at radius 2 is 1.96 bits per heavy atom. The summed E-state index contributed by atoms with van der Waals surface area (Å²) in [6.45, 7) is 0. The molecule has 0 spiro atoms. The molecule has 0 saturated heterocycles. The fourth-order valence-corrected chi connectivity index (χ4v) is 8.06. The highest BCUT2D eigenvalue weighted by molar-refractivity contribution is 7.15. The first-order chi connectivity index (χ1) is 13.6. The summed E-state index contributed by atoms with van der Waals surface area (Å²) in [6.07, 6.45) is 15.9. The molecule has 0 aliphatic heterocycles. The van der Waals surface area contributed by atoms with E-state index in [1.165, 1.54) is 36.3 Å². The molecule has 7 heteroatoms. The second-order valence-corrected chi connectivity index (χ2v) is 10.8. The summed E-state index contributed by atoms with van der Waals surface area (Å²) in [5, 5.41) is 8.58. The summed E-state index contributed by atoms with van der Waals surface area (Å²) in [4.78, 5) is 24.0. The average Bonchev–Trinajstić information content (AvgIpc) is 3.27. The van der Waals surface area contributed by atoms with E-state index in [2.05, 4.69) is 20.1 Å². The molecule has 2 aromatic heterocycles. The summed E-state index contributed by atoms with van der Waals surface area (Å²) in [6, 6.07) is 0. The number of fused-ring (bicyclic) bond motifs is 1. The Bertz CT molecular complexity index is 867. The van der Waals surface area contributed by atoms with E-state index in [9.17, 15) is 4.79 Å². The van der Waals surface area contributed by atoms with Crippen LogP contribution in [0.1, 0.15) is 68.4 Å². The van der Waals surface area contributed by atoms with Gasteiger partial charge in [0, 0.05) is 4.88 Å². The molecule has 6 nitrogen and oxygen atoms in total. The minimum Gasteiger partial charge on any atom is -0.301 e. The van der Waals surface area contributed by atoms with Crippen molar-refractivity contribution in [1.29, 1.82) is 0 Å². The van der Waals surface area contributed by atoms with Gasteiger partial charge in [0.05, 0.1) is 16.6 Å². The first kappa shape index (κ1) is 17.1. The fourth-order valence-electron chi connectivity index (χ4n) is 7.01. The number of hydrogen-bond acceptors (Lipinski definition) is 5. The van der Waals surface area contributed by atoms with Crippen molar-refractivity contribution in [2.75, 3.05) is 5.32 Å². The van der Waals surface area contributed by atoms with Crippen LogP contribution in [-0.4, -0.2) is 25.7 Å². The third kappa shape index (κ3) is 2.58. The zero-order chi connectivity index (χ0) is 18.8. The smallest absolute Gasteiger partial charge is 0.232 e. The largest absolute Gasteiger partial charge is 0.301 e. The maximum atomic E-state index is 13.6. The fraction of sp³-hybridized carbons (Fsp3) is 0.714. The second kappa shape index (κ2) is 6.12. The molecule has 5 aliphatic rings. The van der Waals surface area contributed by atoms with E-state index in [1.807, 2.05) is 6.33 Å². The van der Waals surface area contributed by atoms with Crippen LogP contribution in [0.25, 0.3) is 0 Å². The molecule has 1 N–H and O–H groups in total. The van der Waals surface area contributed by atoms with Crippen LogP contribution in [-0.2, 0) is 23.2 Å². The van der Waals surface area contributed by atoms with Crippen molar-refractivity contribution in [3.63, 3.8) is 0 Å². The first-order valence-electron chi connectivity index (χ1n) is 10.8. The van der Waals surface area contributed by atoms with Crippen LogP contribution < -0.4 is 5.32 Å². The van der Waals surface area contributed by atoms with E-state index in [0.717, 1.165) is 50.1 Å². The van der Waals surface area contributed by atoms with Gasteiger partial charge in [-0.15, -0.1) is 11.3 Å². The van der Waals surface area contributed by atoms with E-state index in [4.69, 9.17) is 4.98 Å². The Morgan fingerprint density at radius 1 is 1.14 bits per heavy atom. The highest BCUT2D eigenvalue weighted by atomic mass is 32.1. The van der Waals surface area contributed by atoms with Crippen molar-refractivity contribution >= 4 is 22.4 Å². The molecule has 5 aliphatic carbocycles. The van der Waals surface area contributed by atoms with E-state index in [0.29, 0.717) is 11.8 Å². The van der Waals surface area contributed by atoms with Gasteiger partial charge >= 0.3 is 0 Å². The van der Waals surface area contributed by atoms with Crippen LogP contribution in [0, 0.1) is 17.3 Å². The predicted molar refractivity (Wildman–Crippen MR) is 107 cm³/mol. The van der Waals surface area contributed by atoms with Crippen molar-refractivity contribution in [2.24, 2.45) is 17.3 Å². The number of anilines is 1. The van der Waals surface area contributed by atoms with Crippen LogP contribution in [0.3, 0.4) is 0 Å². The van der Waals surface area contributed by atoms with Crippen molar-refractivity contribution in [3.05, 3.63) is 23.2 Å². The molecule has 0 unspecified atom stereocenters. The number of amides is 1. The highest BCUT2D eigenvalue weighted by Gasteiger charge is 2.61. The van der Waals surface area contributed by atoms with Gasteiger partial charge < -0.3 is 5.32 Å². The van der Waals surface area contributed by atoms with Gasteiger partial charge in [-0.25, -0.2) is 14.6 Å². The first-order valence-corrected chi connectivity index (χ1v) is 11.6. The van der Waals surface area contributed by atoms with E-state index in [1.54, 1.807) is 17.7 Å². The summed E-state index contributed by atoms with van der Waals surface area (Å²) in [5.74, 6) is 1.46. The molecule has 28 heavy (non-hydrogen) atoms. The lowest BCUT2D eigenvalue weighted by molar-refractivity contribution is -0.150. The normalized spacial score (nSPS) is 36.1. The van der Waals surface area contributed by atoms with Gasteiger partial charge in [-0.1, -0.05) is 6.42 Å². The highest BCUT2D eigenvalue weighted by Crippen LogP contribution is 2.64. The molecule has 2 heterocycles. The zero-order valence-corrected chi connectivity index (χ0v) is 17.0. The lowest BCUT2D eigenvalue weighted by Gasteiger charge is -2.60. The molecule has 0 radical (unpaired) electrons. The number of aromatic nitrogens is 4. The SMILES string of the molecule is O=C(Nc1nc2c(s1)CCCCC2)C12C[C@H]3C[C@H](C1)CC(n1cncn1)(C3)C2. The molecular formula is C21H27N5OS. The zero-order valence-electron chi connectivity index (χ0n) is 16.2. The minimum absolute atomic E-state index is 0.0159. The van der Waals surface area contributed by atoms with E-state index < -0.39 is 0 Å². The molecule has 4 fully saturated rings. The van der Waals surface area contributed by atoms with Gasteiger partial charge in [0.15, 0.2) is 5.13 Å². The Kier molecular flexibility index (Phi) is 3.74. The number of nitrogens with zero attached hydrogens (tertiary/aromatic N) is 4. The number of carbonyl (C=O) groups is 1. The number of thiazole rings is 1. The van der Waals surface area contributed by atoms with Crippen LogP contribution in [0.4, 0.5) is 5.13 Å². The standard InChI is InChI=1S/C21H27N5OS/c27-18(25-19-24-16-4-2-1-3-5-17(16)28-19)20-7-14-6-15(8-20)10-21(9-14,11-20)26-13-22-12-23-26/h12-15H,1-11H2,(H,24,25,27)/t14-,15-,20?,21?/m1/s1. The molecule has 7 rings (SSSR count). The Hall–Kier alpha value is -1.76. The molecule has 0 aromatic carbocycles. The molecule has 2 aromatic rings. The van der Waals surface area contributed by atoms with Crippen LogP contribution >= 0.6 is 11.3 Å². The number of aryl methyl sites for hydroxylation is 2. The maximum absolute atomic E-state index is 13.6. The second-order valence-electron chi connectivity index (χ2n) is 9.71. The lowest BCUT2D eigenvalue weighted by Crippen LogP contribution is -2.60. The van der Waals surface area contributed by atoms with E-state index in [-0.39, 0.29) is 16.9 Å². The molecular weight excluding hydrogens is 370 g/mol. The number of carbonyl (C=O) groups excluding carboxylic acids is 1. The molecule has 4 bridgehead atoms. The maximum Gasteiger partial charge on any atom is 0.232 e. The Morgan fingerprint density at radius 3 is 2.75 bits per heavy atom. The molecule has 2 atom stereocenters. The summed E-state index contributed by atoms with van der Waals surface area (Å²) >= 11 is 1.71. The van der Waals surface area contributed by atoms with Crippen molar-refractivity contribution in [2.45, 2.75) is 76.2 Å². The Balaban J connectivity index is 1.28. The third-order valence-corrected chi connectivity index (χ3v) is 8.81. The summed E-state index contributed by atoms with van der Waals surface area (Å²) in [5.41, 5.74) is 0.944. The summed E-state index contributed by atoms with van der Waals surface area (Å²) < 4.78 is 2.07. The van der Waals surface area contributed by atoms with Gasteiger partial charge in [-0.05, 0) is 76.0 Å². The number of nitrogens with one attached hydrogen (secondary N) is 1. The summed E-state index contributed by atoms with van der Waals surface area (Å²) in [7, 11) is 0. The quantitative estimate of drug-likeness (QED) is 0.796. The third-order valence-electron chi connectivity index (χ3n) is 7.73. The van der Waals surface area contributed by atoms with Crippen molar-refractivity contribution in [3.8, 4) is 0 Å². The number of hydrogen-bond donors (Lipinski definition) is 1. The Labute approximate surface area is 169 Å². The monoisotopic (exact) mass is 397 g/mol. The van der Waals surface area contributed by atoms with Gasteiger partial charge in [0.25, 0.3) is 0 Å². The van der Waals surface area contributed by atoms with Gasteiger partial charge in [-0.3, -0.25) is 4.79 Å². The van der Waals surface area contributed by atoms with Gasteiger partial charge in [0.1, 0.15) is 12.7 Å². The van der Waals surface area contributed by atoms with Gasteiger partial charge in [0.2, 0.25) is 5.91 Å². The molecule has 148 valence electrons. The molecule has 1 amide bonds. The topological polar surface area (TPSA) is 72.7 Å². The van der Waals surface area contributed by atoms with Gasteiger partial charge in [-0.2, -0.15) is 5.10 Å². The average molecular weight is 398 g/mol. The number of rotatable bonds is 3. The van der Waals surface area contributed by atoms with Crippen LogP contribution in [0.15, 0.2) is 12.7 Å². The minimum atomic E-state index is -0.265. The van der Waals surface area contributed by atoms with E-state index >= 15 is 0 Å². The van der Waals surface area contributed by atoms with Crippen LogP contribution in [0.5, 0.6) is 0 Å². The van der Waals surface area contributed by atoms with Crippen molar-refractivity contribution in [1.82, 2.24) is 19.7 Å². The van der Waals surface area contributed by atoms with Crippen molar-refractivity contribution < 1.29 is 4.79 Å². The lowest BCUT2D eigenvalue weighted by atomic mass is 9.46. The predicted octanol–water partition coefficient (Wildman–Crippen LogP) is 3.94. The van der Waals surface area contributed by atoms with Crippen LogP contribution in [0.2, 0.25) is 0 Å².